The first-order valence-electron chi connectivity index (χ1n) is 5.70. The molecule has 0 amide bonds. The third kappa shape index (κ3) is 6.62. The molecule has 0 bridgehead atoms. The SMILES string of the molecule is [C]1=C/CCCCC/C=C/CCCC/1. The van der Waals surface area contributed by atoms with E-state index in [1.165, 1.54) is 51.4 Å². The second-order valence-electron chi connectivity index (χ2n) is 3.76. The van der Waals surface area contributed by atoms with E-state index in [1.54, 1.807) is 0 Å². The van der Waals surface area contributed by atoms with Gasteiger partial charge in [-0.15, -0.1) is 0 Å². The molecule has 0 aromatic carbocycles. The average Bonchev–Trinajstić information content (AvgIpc) is 2.18. The molecule has 13 heavy (non-hydrogen) atoms. The summed E-state index contributed by atoms with van der Waals surface area (Å²) in [5.41, 5.74) is 0. The van der Waals surface area contributed by atoms with Crippen LogP contribution in [0.5, 0.6) is 0 Å². The van der Waals surface area contributed by atoms with Crippen molar-refractivity contribution in [1.82, 2.24) is 0 Å². The Kier molecular flexibility index (Phi) is 6.58. The van der Waals surface area contributed by atoms with E-state index >= 15 is 0 Å². The largest absolute Gasteiger partial charge is 0.0885 e. The predicted octanol–water partition coefficient (Wildman–Crippen LogP) is 4.43. The summed E-state index contributed by atoms with van der Waals surface area (Å²) in [7, 11) is 0. The Balaban J connectivity index is 2.18. The Hall–Kier alpha value is -0.520. The van der Waals surface area contributed by atoms with Crippen LogP contribution < -0.4 is 0 Å². The van der Waals surface area contributed by atoms with Crippen LogP contribution in [0.3, 0.4) is 0 Å². The molecule has 0 saturated heterocycles. The smallest absolute Gasteiger partial charge is 0.0279 e. The van der Waals surface area contributed by atoms with Gasteiger partial charge in [0.15, 0.2) is 0 Å². The highest BCUT2D eigenvalue weighted by Gasteiger charge is 1.88. The summed E-state index contributed by atoms with van der Waals surface area (Å²) < 4.78 is 0. The molecule has 0 nitrogen and oxygen atoms in total. The molecule has 1 aliphatic carbocycles. The topological polar surface area (TPSA) is 0 Å². The fourth-order valence-electron chi connectivity index (χ4n) is 1.61. The van der Waals surface area contributed by atoms with Crippen molar-refractivity contribution < 1.29 is 0 Å². The maximum atomic E-state index is 3.37. The first kappa shape index (κ1) is 10.6. The number of allylic oxidation sites excluding steroid dienone is 4. The van der Waals surface area contributed by atoms with E-state index in [2.05, 4.69) is 24.3 Å². The van der Waals surface area contributed by atoms with Crippen LogP contribution in [-0.2, 0) is 0 Å². The van der Waals surface area contributed by atoms with E-state index in [0.29, 0.717) is 0 Å². The Morgan fingerprint density at radius 1 is 0.692 bits per heavy atom. The zero-order valence-corrected chi connectivity index (χ0v) is 8.60. The Bertz CT molecular complexity index is 135. The Morgan fingerprint density at radius 3 is 2.23 bits per heavy atom. The highest BCUT2D eigenvalue weighted by Crippen LogP contribution is 2.08. The summed E-state index contributed by atoms with van der Waals surface area (Å²) >= 11 is 0. The molecule has 0 heterocycles. The highest BCUT2D eigenvalue weighted by atomic mass is 13.9. The molecule has 0 fully saturated rings. The summed E-state index contributed by atoms with van der Waals surface area (Å²) in [4.78, 5) is 0. The third-order valence-corrected chi connectivity index (χ3v) is 2.47. The predicted molar refractivity (Wildman–Crippen MR) is 58.5 cm³/mol. The molecule has 1 aliphatic rings. The van der Waals surface area contributed by atoms with Gasteiger partial charge in [0.05, 0.1) is 0 Å². The van der Waals surface area contributed by atoms with Crippen molar-refractivity contribution in [2.24, 2.45) is 0 Å². The maximum Gasteiger partial charge on any atom is -0.0279 e. The van der Waals surface area contributed by atoms with Crippen LogP contribution in [0.4, 0.5) is 0 Å². The van der Waals surface area contributed by atoms with Gasteiger partial charge in [-0.1, -0.05) is 24.6 Å². The normalized spacial score (nSPS) is 26.5. The van der Waals surface area contributed by atoms with Gasteiger partial charge in [0.25, 0.3) is 0 Å². The first-order chi connectivity index (χ1) is 6.50. The van der Waals surface area contributed by atoms with Gasteiger partial charge in [0.2, 0.25) is 0 Å². The minimum Gasteiger partial charge on any atom is -0.0885 e. The van der Waals surface area contributed by atoms with Crippen molar-refractivity contribution in [3.05, 3.63) is 24.3 Å². The Labute approximate surface area is 82.7 Å². The van der Waals surface area contributed by atoms with E-state index in [1.807, 2.05) is 0 Å². The molecule has 0 unspecified atom stereocenters. The maximum absolute atomic E-state index is 3.37. The molecule has 73 valence electrons. The van der Waals surface area contributed by atoms with Gasteiger partial charge < -0.3 is 0 Å². The van der Waals surface area contributed by atoms with E-state index in [0.717, 1.165) is 6.42 Å². The second kappa shape index (κ2) is 8.10. The molecule has 0 saturated carbocycles. The summed E-state index contributed by atoms with van der Waals surface area (Å²) in [6.45, 7) is 0. The van der Waals surface area contributed by atoms with Crippen molar-refractivity contribution in [3.8, 4) is 0 Å². The van der Waals surface area contributed by atoms with Gasteiger partial charge in [0.1, 0.15) is 0 Å². The fraction of sp³-hybridized carbons (Fsp3) is 0.692. The number of rotatable bonds is 0. The summed E-state index contributed by atoms with van der Waals surface area (Å²) in [5.74, 6) is 0. The third-order valence-electron chi connectivity index (χ3n) is 2.47. The molecule has 0 spiro atoms. The molecule has 0 heteroatoms. The van der Waals surface area contributed by atoms with Crippen LogP contribution in [0.25, 0.3) is 0 Å². The zero-order valence-electron chi connectivity index (χ0n) is 8.60. The van der Waals surface area contributed by atoms with Crippen molar-refractivity contribution >= 4 is 0 Å². The molecule has 0 aliphatic heterocycles. The lowest BCUT2D eigenvalue weighted by molar-refractivity contribution is 0.694. The summed E-state index contributed by atoms with van der Waals surface area (Å²) in [6.07, 6.45) is 22.0. The summed E-state index contributed by atoms with van der Waals surface area (Å²) in [6, 6.07) is 0. The first-order valence-corrected chi connectivity index (χ1v) is 5.70. The van der Waals surface area contributed by atoms with Crippen LogP contribution in [0, 0.1) is 6.08 Å². The van der Waals surface area contributed by atoms with Gasteiger partial charge >= 0.3 is 0 Å². The van der Waals surface area contributed by atoms with Crippen LogP contribution in [0.15, 0.2) is 18.2 Å². The van der Waals surface area contributed by atoms with Crippen molar-refractivity contribution in [2.45, 2.75) is 57.8 Å². The molecule has 1 radical (unpaired) electrons. The molecule has 1 rings (SSSR count). The molecule has 0 atom stereocenters. The van der Waals surface area contributed by atoms with Gasteiger partial charge in [0, 0.05) is 0 Å². The Morgan fingerprint density at radius 2 is 1.38 bits per heavy atom. The van der Waals surface area contributed by atoms with Crippen LogP contribution in [0.1, 0.15) is 57.8 Å². The van der Waals surface area contributed by atoms with E-state index in [9.17, 15) is 0 Å². The van der Waals surface area contributed by atoms with Crippen molar-refractivity contribution in [3.63, 3.8) is 0 Å². The lowest BCUT2D eigenvalue weighted by Gasteiger charge is -1.94. The molecule has 0 aromatic rings. The van der Waals surface area contributed by atoms with Crippen molar-refractivity contribution in [2.75, 3.05) is 0 Å². The minimum atomic E-state index is 1.16. The van der Waals surface area contributed by atoms with Gasteiger partial charge in [-0.2, -0.15) is 0 Å². The van der Waals surface area contributed by atoms with E-state index in [-0.39, 0.29) is 0 Å². The lowest BCUT2D eigenvalue weighted by atomic mass is 10.1. The van der Waals surface area contributed by atoms with Crippen molar-refractivity contribution in [1.29, 1.82) is 0 Å². The minimum absolute atomic E-state index is 1.16. The molecule has 0 aromatic heterocycles. The monoisotopic (exact) mass is 177 g/mol. The second-order valence-corrected chi connectivity index (χ2v) is 3.76. The summed E-state index contributed by atoms with van der Waals surface area (Å²) in [5, 5.41) is 0. The standard InChI is InChI=1S/C13H21/c1-2-4-6-8-10-12-13-11-9-7-5-3-1/h1-2,13H,3-11H2/b2-1+,13-12?. The van der Waals surface area contributed by atoms with Gasteiger partial charge in [-0.3, -0.25) is 0 Å². The zero-order chi connectivity index (χ0) is 9.19. The number of hydrogen-bond acceptors (Lipinski definition) is 0. The van der Waals surface area contributed by atoms with Gasteiger partial charge in [-0.05, 0) is 57.4 Å². The average molecular weight is 177 g/mol. The van der Waals surface area contributed by atoms with E-state index in [4.69, 9.17) is 0 Å². The molecular formula is C13H21. The number of hydrogen-bond donors (Lipinski definition) is 0. The molecular weight excluding hydrogens is 156 g/mol. The fourth-order valence-corrected chi connectivity index (χ4v) is 1.61. The van der Waals surface area contributed by atoms with E-state index < -0.39 is 0 Å². The molecule has 0 N–H and O–H groups in total. The lowest BCUT2D eigenvalue weighted by Crippen LogP contribution is -1.74. The van der Waals surface area contributed by atoms with Crippen LogP contribution in [0.2, 0.25) is 0 Å². The quantitative estimate of drug-likeness (QED) is 0.480. The highest BCUT2D eigenvalue weighted by molar-refractivity contribution is 4.82. The van der Waals surface area contributed by atoms with Crippen LogP contribution in [-0.4, -0.2) is 0 Å². The van der Waals surface area contributed by atoms with Crippen LogP contribution >= 0.6 is 0 Å². The van der Waals surface area contributed by atoms with Gasteiger partial charge in [-0.25, -0.2) is 0 Å².